The summed E-state index contributed by atoms with van der Waals surface area (Å²) >= 11 is 5.91. The summed E-state index contributed by atoms with van der Waals surface area (Å²) in [6.45, 7) is 3.33. The fraction of sp³-hybridized carbons (Fsp3) is 0.500. The number of piperidine rings is 1. The highest BCUT2D eigenvalue weighted by molar-refractivity contribution is 6.30. The smallest absolute Gasteiger partial charge is 0.231 e. The van der Waals surface area contributed by atoms with Crippen molar-refractivity contribution in [2.45, 2.75) is 44.6 Å². The van der Waals surface area contributed by atoms with Crippen molar-refractivity contribution < 1.29 is 9.32 Å². The Morgan fingerprint density at radius 1 is 1.42 bits per heavy atom. The van der Waals surface area contributed by atoms with Crippen LogP contribution in [0.5, 0.6) is 0 Å². The van der Waals surface area contributed by atoms with Gasteiger partial charge in [-0.3, -0.25) is 4.79 Å². The van der Waals surface area contributed by atoms with E-state index in [4.69, 9.17) is 21.9 Å². The average molecular weight is 399 g/mol. The highest BCUT2D eigenvalue weighted by Gasteiger charge is 2.28. The molecule has 0 aliphatic carbocycles. The summed E-state index contributed by atoms with van der Waals surface area (Å²) in [5, 5.41) is 4.74. The third-order valence-corrected chi connectivity index (χ3v) is 4.73. The van der Waals surface area contributed by atoms with Crippen molar-refractivity contribution in [3.8, 4) is 11.4 Å². The summed E-state index contributed by atoms with van der Waals surface area (Å²) in [5.41, 5.74) is 6.60. The van der Waals surface area contributed by atoms with Crippen LogP contribution in [0.15, 0.2) is 28.8 Å². The Bertz CT molecular complexity index is 718. The summed E-state index contributed by atoms with van der Waals surface area (Å²) in [7, 11) is 0. The van der Waals surface area contributed by atoms with Crippen molar-refractivity contribution in [1.82, 2.24) is 15.0 Å². The van der Waals surface area contributed by atoms with Crippen LogP contribution in [0.3, 0.4) is 0 Å². The molecule has 0 bridgehead atoms. The quantitative estimate of drug-likeness (QED) is 0.830. The molecular weight excluding hydrogens is 375 g/mol. The number of aromatic nitrogens is 2. The van der Waals surface area contributed by atoms with E-state index in [0.29, 0.717) is 36.1 Å². The number of rotatable bonds is 5. The first-order valence-corrected chi connectivity index (χ1v) is 9.03. The Labute approximate surface area is 164 Å². The van der Waals surface area contributed by atoms with Crippen LogP contribution in [0.25, 0.3) is 11.4 Å². The van der Waals surface area contributed by atoms with Gasteiger partial charge in [-0.05, 0) is 50.5 Å². The predicted molar refractivity (Wildman–Crippen MR) is 103 cm³/mol. The van der Waals surface area contributed by atoms with Gasteiger partial charge in [0, 0.05) is 36.1 Å². The molecule has 1 aliphatic heterocycles. The largest absolute Gasteiger partial charge is 0.342 e. The van der Waals surface area contributed by atoms with E-state index in [1.165, 1.54) is 0 Å². The lowest BCUT2D eigenvalue weighted by atomic mass is 9.97. The number of halogens is 2. The highest BCUT2D eigenvalue weighted by Crippen LogP contribution is 2.28. The second kappa shape index (κ2) is 9.35. The average Bonchev–Trinajstić information content (AvgIpc) is 3.10. The molecule has 2 heterocycles. The number of carbonyl (C=O) groups is 1. The fourth-order valence-corrected chi connectivity index (χ4v) is 3.16. The lowest BCUT2D eigenvalue weighted by molar-refractivity contribution is -0.132. The Morgan fingerprint density at radius 2 is 2.15 bits per heavy atom. The first-order chi connectivity index (χ1) is 12.0. The summed E-state index contributed by atoms with van der Waals surface area (Å²) in [6, 6.07) is 7.37. The molecule has 0 saturated carbocycles. The number of hydrogen-bond acceptors (Lipinski definition) is 5. The van der Waals surface area contributed by atoms with E-state index in [1.54, 1.807) is 12.1 Å². The number of nitrogens with zero attached hydrogens (tertiary/aromatic N) is 3. The molecule has 1 saturated heterocycles. The van der Waals surface area contributed by atoms with E-state index < -0.39 is 0 Å². The monoisotopic (exact) mass is 398 g/mol. The van der Waals surface area contributed by atoms with Gasteiger partial charge < -0.3 is 15.2 Å². The van der Waals surface area contributed by atoms with Crippen LogP contribution in [0.2, 0.25) is 5.02 Å². The van der Waals surface area contributed by atoms with Crippen molar-refractivity contribution in [2.24, 2.45) is 5.73 Å². The maximum Gasteiger partial charge on any atom is 0.231 e. The van der Waals surface area contributed by atoms with Crippen molar-refractivity contribution in [3.05, 3.63) is 35.2 Å². The number of nitrogens with two attached hydrogens (primary N) is 1. The Morgan fingerprint density at radius 3 is 2.85 bits per heavy atom. The molecule has 0 radical (unpaired) electrons. The van der Waals surface area contributed by atoms with Gasteiger partial charge in [0.2, 0.25) is 17.6 Å². The van der Waals surface area contributed by atoms with Gasteiger partial charge in [-0.1, -0.05) is 16.8 Å². The van der Waals surface area contributed by atoms with Crippen LogP contribution >= 0.6 is 24.0 Å². The number of hydrogen-bond donors (Lipinski definition) is 1. The molecule has 2 N–H and O–H groups in total. The molecule has 1 amide bonds. The van der Waals surface area contributed by atoms with E-state index in [-0.39, 0.29) is 30.3 Å². The minimum atomic E-state index is 0. The van der Waals surface area contributed by atoms with Crippen LogP contribution < -0.4 is 5.73 Å². The van der Waals surface area contributed by atoms with Crippen molar-refractivity contribution >= 4 is 29.9 Å². The molecule has 2 aromatic rings. The third kappa shape index (κ3) is 5.19. The van der Waals surface area contributed by atoms with Gasteiger partial charge in [-0.25, -0.2) is 0 Å². The van der Waals surface area contributed by atoms with Crippen LogP contribution in [0, 0.1) is 0 Å². The maximum absolute atomic E-state index is 12.3. The topological polar surface area (TPSA) is 85.3 Å². The first-order valence-electron chi connectivity index (χ1n) is 8.66. The van der Waals surface area contributed by atoms with E-state index in [0.717, 1.165) is 24.9 Å². The number of carbonyl (C=O) groups excluding carboxylic acids is 1. The molecule has 1 aromatic heterocycles. The molecule has 6 nitrogen and oxygen atoms in total. The molecular formula is C18H24Cl2N4O2. The zero-order valence-electron chi connectivity index (χ0n) is 14.7. The molecule has 142 valence electrons. The van der Waals surface area contributed by atoms with Gasteiger partial charge in [0.1, 0.15) is 0 Å². The number of benzene rings is 1. The standard InChI is InChI=1S/C18H23ClN4O2.ClH/c1-12(20)4-9-16(24)23-10-2-3-14(11-23)18-21-17(22-25-18)13-5-7-15(19)8-6-13;/h5-8,12,14H,2-4,9-11,20H2,1H3;1H. The summed E-state index contributed by atoms with van der Waals surface area (Å²) in [5.74, 6) is 1.38. The van der Waals surface area contributed by atoms with Crippen LogP contribution in [0.1, 0.15) is 44.4 Å². The lowest BCUT2D eigenvalue weighted by Gasteiger charge is -2.31. The number of amides is 1. The number of likely N-dealkylation sites (tertiary alicyclic amines) is 1. The molecule has 26 heavy (non-hydrogen) atoms. The van der Waals surface area contributed by atoms with E-state index in [2.05, 4.69) is 10.1 Å². The maximum atomic E-state index is 12.3. The molecule has 1 aliphatic rings. The molecule has 2 unspecified atom stereocenters. The van der Waals surface area contributed by atoms with Gasteiger partial charge >= 0.3 is 0 Å². The van der Waals surface area contributed by atoms with Crippen LogP contribution in [-0.4, -0.2) is 40.1 Å². The van der Waals surface area contributed by atoms with Crippen LogP contribution in [-0.2, 0) is 4.79 Å². The SMILES string of the molecule is CC(N)CCC(=O)N1CCCC(c2nc(-c3ccc(Cl)cc3)no2)C1.Cl. The normalized spacial score (nSPS) is 18.3. The lowest BCUT2D eigenvalue weighted by Crippen LogP contribution is -2.39. The van der Waals surface area contributed by atoms with Gasteiger partial charge in [0.25, 0.3) is 0 Å². The van der Waals surface area contributed by atoms with E-state index >= 15 is 0 Å². The minimum Gasteiger partial charge on any atom is -0.342 e. The van der Waals surface area contributed by atoms with Gasteiger partial charge in [0.15, 0.2) is 0 Å². The first kappa shape index (κ1) is 20.7. The highest BCUT2D eigenvalue weighted by atomic mass is 35.5. The van der Waals surface area contributed by atoms with Gasteiger partial charge in [-0.2, -0.15) is 4.98 Å². The minimum absolute atomic E-state index is 0. The molecule has 1 fully saturated rings. The molecule has 1 aromatic carbocycles. The molecule has 3 rings (SSSR count). The van der Waals surface area contributed by atoms with E-state index in [9.17, 15) is 4.79 Å². The Kier molecular flexibility index (Phi) is 7.43. The third-order valence-electron chi connectivity index (χ3n) is 4.48. The van der Waals surface area contributed by atoms with E-state index in [1.807, 2.05) is 24.0 Å². The summed E-state index contributed by atoms with van der Waals surface area (Å²) < 4.78 is 5.46. The Balaban J connectivity index is 0.00000243. The Hall–Kier alpha value is -1.63. The fourth-order valence-electron chi connectivity index (χ4n) is 3.03. The van der Waals surface area contributed by atoms with Crippen molar-refractivity contribution in [2.75, 3.05) is 13.1 Å². The summed E-state index contributed by atoms with van der Waals surface area (Å²) in [6.07, 6.45) is 3.08. The molecule has 8 heteroatoms. The van der Waals surface area contributed by atoms with Gasteiger partial charge in [-0.15, -0.1) is 12.4 Å². The predicted octanol–water partition coefficient (Wildman–Crippen LogP) is 3.65. The zero-order valence-corrected chi connectivity index (χ0v) is 16.3. The van der Waals surface area contributed by atoms with Crippen molar-refractivity contribution in [1.29, 1.82) is 0 Å². The van der Waals surface area contributed by atoms with Crippen molar-refractivity contribution in [3.63, 3.8) is 0 Å². The molecule has 0 spiro atoms. The molecule has 2 atom stereocenters. The second-order valence-corrected chi connectivity index (χ2v) is 7.09. The van der Waals surface area contributed by atoms with Crippen LogP contribution in [0.4, 0.5) is 0 Å². The van der Waals surface area contributed by atoms with Gasteiger partial charge in [0.05, 0.1) is 5.92 Å². The summed E-state index contributed by atoms with van der Waals surface area (Å²) in [4.78, 5) is 18.7. The zero-order chi connectivity index (χ0) is 17.8. The second-order valence-electron chi connectivity index (χ2n) is 6.66.